The minimum absolute atomic E-state index is 0.102. The molecule has 5 heterocycles. The van der Waals surface area contributed by atoms with Crippen LogP contribution in [-0.4, -0.2) is 113 Å². The smallest absolute Gasteiger partial charge is 0.281 e. The zero-order valence-corrected chi connectivity index (χ0v) is 37.7. The summed E-state index contributed by atoms with van der Waals surface area (Å²) in [6.07, 6.45) is 5.26. The Bertz CT molecular complexity index is 2140. The topological polar surface area (TPSA) is 163 Å². The summed E-state index contributed by atoms with van der Waals surface area (Å²) in [4.78, 5) is 50.8. The van der Waals surface area contributed by atoms with Gasteiger partial charge in [-0.1, -0.05) is 45.9 Å². The third-order valence-electron chi connectivity index (χ3n) is 12.4. The second-order valence-electron chi connectivity index (χ2n) is 17.2. The average Bonchev–Trinajstić information content (AvgIpc) is 3.86. The van der Waals surface area contributed by atoms with Crippen LogP contribution >= 0.6 is 31.9 Å². The fourth-order valence-corrected chi connectivity index (χ4v) is 10.6. The SMILES string of the molecule is CC(C)C[C@H]1C(=O)N2CCC[C@H]2[C@]2(O)O[C@](NC(=O)[C@@H]3C=C4c5cccc6[nH]c(Br)c(c56)C[C@H]4N(C)C3)(C(C)C)C(=O)N12.COc1cc(CC(C)N)c(OC)cc1Br. The van der Waals surface area contributed by atoms with E-state index in [0.717, 1.165) is 62.1 Å². The van der Waals surface area contributed by atoms with Gasteiger partial charge in [-0.3, -0.25) is 28.9 Å². The molecule has 8 rings (SSSR count). The van der Waals surface area contributed by atoms with Crippen LogP contribution in [-0.2, 0) is 32.0 Å². The van der Waals surface area contributed by atoms with Crippen molar-refractivity contribution in [2.24, 2.45) is 23.5 Å². The van der Waals surface area contributed by atoms with Gasteiger partial charge in [0.15, 0.2) is 0 Å². The predicted molar refractivity (Wildman–Crippen MR) is 229 cm³/mol. The first-order valence-electron chi connectivity index (χ1n) is 20.2. The molecular weight excluding hydrogens is 872 g/mol. The first-order valence-corrected chi connectivity index (χ1v) is 21.8. The highest BCUT2D eigenvalue weighted by molar-refractivity contribution is 9.10. The molecule has 1 aromatic heterocycles. The molecule has 3 aromatic rings. The number of ether oxygens (including phenoxy) is 3. The molecule has 5 N–H and O–H groups in total. The van der Waals surface area contributed by atoms with Crippen LogP contribution in [0.3, 0.4) is 0 Å². The average molecular weight is 929 g/mol. The van der Waals surface area contributed by atoms with Gasteiger partial charge in [0.2, 0.25) is 17.5 Å². The Morgan fingerprint density at radius 3 is 2.50 bits per heavy atom. The summed E-state index contributed by atoms with van der Waals surface area (Å²) in [5.74, 6) is -2.38. The number of amides is 3. The number of carbonyl (C=O) groups is 3. The molecule has 0 radical (unpaired) electrons. The molecule has 1 aliphatic carbocycles. The minimum atomic E-state index is -2.01. The number of aromatic nitrogens is 1. The van der Waals surface area contributed by atoms with Gasteiger partial charge in [-0.25, -0.2) is 0 Å². The molecule has 0 spiro atoms. The monoisotopic (exact) mass is 926 g/mol. The largest absolute Gasteiger partial charge is 0.496 e. The lowest BCUT2D eigenvalue weighted by Crippen LogP contribution is -2.71. The molecule has 5 aliphatic rings. The van der Waals surface area contributed by atoms with Crippen molar-refractivity contribution < 1.29 is 33.7 Å². The van der Waals surface area contributed by atoms with Gasteiger partial charge in [0.1, 0.15) is 23.6 Å². The van der Waals surface area contributed by atoms with Crippen LogP contribution < -0.4 is 20.5 Å². The molecule has 4 aliphatic heterocycles. The molecule has 314 valence electrons. The van der Waals surface area contributed by atoms with Crippen molar-refractivity contribution in [3.8, 4) is 11.5 Å². The molecule has 3 saturated heterocycles. The van der Waals surface area contributed by atoms with Crippen molar-refractivity contribution >= 4 is 66.1 Å². The summed E-state index contributed by atoms with van der Waals surface area (Å²) in [6, 6.07) is 8.72. The lowest BCUT2D eigenvalue weighted by Gasteiger charge is -2.49. The number of aliphatic hydroxyl groups is 1. The molecule has 0 saturated carbocycles. The number of hydrogen-bond acceptors (Lipinski definition) is 9. The number of H-pyrrole nitrogens is 1. The van der Waals surface area contributed by atoms with E-state index in [0.29, 0.717) is 25.9 Å². The summed E-state index contributed by atoms with van der Waals surface area (Å²) in [5.41, 5.74) is 9.51. The van der Waals surface area contributed by atoms with E-state index >= 15 is 0 Å². The van der Waals surface area contributed by atoms with Gasteiger partial charge >= 0.3 is 0 Å². The van der Waals surface area contributed by atoms with E-state index in [1.54, 1.807) is 33.0 Å². The van der Waals surface area contributed by atoms with E-state index < -0.39 is 41.5 Å². The minimum Gasteiger partial charge on any atom is -0.496 e. The number of likely N-dealkylation sites (N-methyl/N-ethyl adjacent to an activating group) is 1. The van der Waals surface area contributed by atoms with E-state index in [-0.39, 0.29) is 29.8 Å². The number of aromatic amines is 1. The lowest BCUT2D eigenvalue weighted by atomic mass is 9.79. The highest BCUT2D eigenvalue weighted by Gasteiger charge is 2.72. The number of hydrogen-bond donors (Lipinski definition) is 4. The van der Waals surface area contributed by atoms with Gasteiger partial charge < -0.3 is 35.5 Å². The zero-order chi connectivity index (χ0) is 42.0. The quantitative estimate of drug-likeness (QED) is 0.216. The van der Waals surface area contributed by atoms with E-state index in [1.807, 2.05) is 52.1 Å². The van der Waals surface area contributed by atoms with E-state index in [4.69, 9.17) is 19.9 Å². The van der Waals surface area contributed by atoms with Gasteiger partial charge in [0.25, 0.3) is 11.8 Å². The molecule has 0 bridgehead atoms. The van der Waals surface area contributed by atoms with Gasteiger partial charge in [-0.15, -0.1) is 0 Å². The van der Waals surface area contributed by atoms with Crippen molar-refractivity contribution in [1.82, 2.24) is 25.0 Å². The fourth-order valence-electron chi connectivity index (χ4n) is 9.58. The third-order valence-corrected chi connectivity index (χ3v) is 13.6. The molecule has 7 atom stereocenters. The third kappa shape index (κ3) is 7.16. The summed E-state index contributed by atoms with van der Waals surface area (Å²) < 4.78 is 18.8. The molecule has 15 heteroatoms. The van der Waals surface area contributed by atoms with Crippen LogP contribution in [0, 0.1) is 17.8 Å². The highest BCUT2D eigenvalue weighted by atomic mass is 79.9. The van der Waals surface area contributed by atoms with Crippen molar-refractivity contribution in [2.45, 2.75) is 103 Å². The van der Waals surface area contributed by atoms with Gasteiger partial charge in [-0.05, 0) is 124 Å². The van der Waals surface area contributed by atoms with Crippen LogP contribution in [0.2, 0.25) is 0 Å². The Balaban J connectivity index is 0.000000289. The predicted octanol–water partition coefficient (Wildman–Crippen LogP) is 5.55. The number of piperazine rings is 1. The number of nitrogens with one attached hydrogen (secondary N) is 2. The van der Waals surface area contributed by atoms with E-state index in [9.17, 15) is 19.5 Å². The molecule has 1 unspecified atom stereocenters. The van der Waals surface area contributed by atoms with Crippen molar-refractivity contribution in [3.05, 3.63) is 62.2 Å². The van der Waals surface area contributed by atoms with Gasteiger partial charge in [-0.2, -0.15) is 0 Å². The van der Waals surface area contributed by atoms with Gasteiger partial charge in [0, 0.05) is 42.0 Å². The van der Waals surface area contributed by atoms with Crippen molar-refractivity contribution in [2.75, 3.05) is 34.4 Å². The second kappa shape index (κ2) is 16.2. The summed E-state index contributed by atoms with van der Waals surface area (Å²) in [6.45, 7) is 10.5. The Kier molecular flexibility index (Phi) is 11.9. The lowest BCUT2D eigenvalue weighted by molar-refractivity contribution is -0.322. The number of nitrogens with zero attached hydrogens (tertiary/aromatic N) is 3. The number of benzene rings is 2. The molecule has 13 nitrogen and oxygen atoms in total. The van der Waals surface area contributed by atoms with Crippen LogP contribution in [0.4, 0.5) is 0 Å². The molecule has 58 heavy (non-hydrogen) atoms. The number of halogens is 2. The van der Waals surface area contributed by atoms with Crippen molar-refractivity contribution in [1.29, 1.82) is 0 Å². The Labute approximate surface area is 357 Å². The second-order valence-corrected chi connectivity index (χ2v) is 18.8. The maximum absolute atomic E-state index is 14.4. The molecule has 3 fully saturated rings. The number of fused-ring (bicyclic) bond motifs is 5. The van der Waals surface area contributed by atoms with Crippen LogP contribution in [0.1, 0.15) is 70.6 Å². The van der Waals surface area contributed by atoms with Crippen LogP contribution in [0.25, 0.3) is 16.5 Å². The Hall–Kier alpha value is -3.47. The maximum Gasteiger partial charge on any atom is 0.281 e. The number of methoxy groups -OCH3 is 2. The molecule has 2 aromatic carbocycles. The van der Waals surface area contributed by atoms with Crippen molar-refractivity contribution in [3.63, 3.8) is 0 Å². The Morgan fingerprint density at radius 2 is 1.84 bits per heavy atom. The number of carbonyl (C=O) groups excluding carboxylic acids is 3. The summed E-state index contributed by atoms with van der Waals surface area (Å²) in [7, 11) is 5.32. The molecule has 3 amide bonds. The van der Waals surface area contributed by atoms with Gasteiger partial charge in [0.05, 0.1) is 29.2 Å². The van der Waals surface area contributed by atoms with Crippen LogP contribution in [0.5, 0.6) is 11.5 Å². The zero-order valence-electron chi connectivity index (χ0n) is 34.5. The first-order chi connectivity index (χ1) is 27.4. The number of rotatable bonds is 9. The Morgan fingerprint density at radius 1 is 1.12 bits per heavy atom. The maximum atomic E-state index is 14.4. The summed E-state index contributed by atoms with van der Waals surface area (Å²) >= 11 is 7.11. The van der Waals surface area contributed by atoms with E-state index in [2.05, 4.69) is 59.2 Å². The highest BCUT2D eigenvalue weighted by Crippen LogP contribution is 2.49. The normalized spacial score (nSPS) is 28.2. The number of nitrogens with two attached hydrogens (primary N) is 1. The standard InChI is InChI=1S/C32H40BrN5O5.C11H16BrNO2/c1-16(2)12-24-29(40)37-11-7-10-25(37)32(42)38(24)30(41)31(43-32,17(3)4)35-28(39)18-13-20-19-8-6-9-22-26(19)21(27(33)34-22)14-23(20)36(5)15-18;1-7(13)4-8-5-11(15-3)9(12)6-10(8)14-2/h6,8-9,13,16-18,23-25,34,42H,7,10-12,14-15H2,1-5H3,(H,35,39);5-7H,4,13H2,1-3H3/t18-,23-,24+,25+,31-,32+;/m1./s1. The van der Waals surface area contributed by atoms with E-state index in [1.165, 1.54) is 15.8 Å². The first kappa shape index (κ1) is 42.6. The molecular formula is C43H56Br2N6O7. The van der Waals surface area contributed by atoms with Crippen LogP contribution in [0.15, 0.2) is 45.5 Å². The fraction of sp³-hybridized carbons (Fsp3) is 0.558. The summed E-state index contributed by atoms with van der Waals surface area (Å²) in [5, 5.41) is 16.3.